The first-order valence-corrected chi connectivity index (χ1v) is 11.0. The predicted octanol–water partition coefficient (Wildman–Crippen LogP) is 1.95. The number of carboxylic acid groups (broad SMARTS) is 1. The minimum atomic E-state index is -1.37. The monoisotopic (exact) mass is 482 g/mol. The van der Waals surface area contributed by atoms with Crippen LogP contribution in [0, 0.1) is 6.92 Å². The molecule has 3 amide bonds. The highest BCUT2D eigenvalue weighted by Crippen LogP contribution is 2.23. The number of carbonyl (C=O) groups excluding carboxylic acids is 3. The van der Waals surface area contributed by atoms with Gasteiger partial charge in [-0.3, -0.25) is 14.4 Å². The molecule has 0 spiro atoms. The van der Waals surface area contributed by atoms with Crippen molar-refractivity contribution in [3.8, 4) is 5.75 Å². The van der Waals surface area contributed by atoms with Crippen LogP contribution in [-0.4, -0.2) is 51.5 Å². The number of nitrogens with zero attached hydrogens (tertiary/aromatic N) is 1. The number of aryl methyl sites for hydroxylation is 1. The summed E-state index contributed by atoms with van der Waals surface area (Å²) in [6.07, 6.45) is -0.00322. The Hall–Kier alpha value is -4.25. The van der Waals surface area contributed by atoms with Gasteiger partial charge in [-0.05, 0) is 36.8 Å². The van der Waals surface area contributed by atoms with Crippen molar-refractivity contribution in [3.63, 3.8) is 0 Å². The number of hydrogen-bond donors (Lipinski definition) is 5. The number of carboxylic acids is 1. The van der Waals surface area contributed by atoms with Crippen LogP contribution in [0.5, 0.6) is 5.75 Å². The molecule has 10 nitrogen and oxygen atoms in total. The molecule has 0 saturated heterocycles. The highest BCUT2D eigenvalue weighted by Gasteiger charge is 2.24. The fourth-order valence-electron chi connectivity index (χ4n) is 2.99. The lowest BCUT2D eigenvalue weighted by atomic mass is 10.1. The summed E-state index contributed by atoms with van der Waals surface area (Å²) in [6, 6.07) is 13.2. The van der Waals surface area contributed by atoms with E-state index in [1.165, 1.54) is 12.1 Å². The van der Waals surface area contributed by atoms with Crippen LogP contribution >= 0.6 is 11.3 Å². The molecule has 1 heterocycles. The van der Waals surface area contributed by atoms with Gasteiger partial charge < -0.3 is 26.2 Å². The van der Waals surface area contributed by atoms with Crippen molar-refractivity contribution < 1.29 is 29.4 Å². The van der Waals surface area contributed by atoms with Crippen LogP contribution in [0.3, 0.4) is 0 Å². The second kappa shape index (κ2) is 11.1. The molecule has 3 rings (SSSR count). The maximum atomic E-state index is 12.7. The fraction of sp³-hybridized carbons (Fsp3) is 0.174. The normalized spacial score (nSPS) is 11.3. The van der Waals surface area contributed by atoms with Crippen molar-refractivity contribution >= 4 is 40.2 Å². The van der Waals surface area contributed by atoms with E-state index < -0.39 is 29.7 Å². The predicted molar refractivity (Wildman–Crippen MR) is 125 cm³/mol. The van der Waals surface area contributed by atoms with Gasteiger partial charge in [-0.25, -0.2) is 9.78 Å². The Morgan fingerprint density at radius 3 is 2.44 bits per heavy atom. The lowest BCUT2D eigenvalue weighted by molar-refractivity contribution is -0.139. The van der Waals surface area contributed by atoms with E-state index in [1.807, 2.05) is 0 Å². The summed E-state index contributed by atoms with van der Waals surface area (Å²) >= 11 is 0.900. The Morgan fingerprint density at radius 1 is 1.03 bits per heavy atom. The van der Waals surface area contributed by atoms with Crippen LogP contribution in [0.2, 0.25) is 0 Å². The van der Waals surface area contributed by atoms with Gasteiger partial charge in [0.1, 0.15) is 16.7 Å². The van der Waals surface area contributed by atoms with Gasteiger partial charge in [-0.15, -0.1) is 0 Å². The first-order valence-electron chi connectivity index (χ1n) is 10.1. The number of aliphatic carboxylic acids is 1. The number of benzene rings is 2. The smallest absolute Gasteiger partial charge is 0.328 e. The van der Waals surface area contributed by atoms with E-state index in [0.717, 1.165) is 11.3 Å². The van der Waals surface area contributed by atoms with E-state index in [4.69, 9.17) is 0 Å². The zero-order valence-corrected chi connectivity index (χ0v) is 18.9. The standard InChI is InChI=1S/C23H22N4O6S/c1-13-19(34-23(25-13)27-18(29)11-14-6-5-9-16(28)10-14)21(31)26-17(22(32)33)12-24-20(30)15-7-3-2-4-8-15/h2-10,17,28H,11-12H2,1H3,(H,24,30)(H,26,31)(H,32,33)(H,25,27,29). The molecule has 2 aromatic carbocycles. The summed E-state index contributed by atoms with van der Waals surface area (Å²) < 4.78 is 0. The molecule has 0 aliphatic heterocycles. The van der Waals surface area contributed by atoms with Gasteiger partial charge in [0.05, 0.1) is 12.1 Å². The maximum Gasteiger partial charge on any atom is 0.328 e. The average Bonchev–Trinajstić information content (AvgIpc) is 3.16. The number of rotatable bonds is 9. The van der Waals surface area contributed by atoms with Gasteiger partial charge in [0, 0.05) is 12.1 Å². The number of nitrogens with one attached hydrogen (secondary N) is 3. The number of carbonyl (C=O) groups is 4. The molecule has 0 aliphatic rings. The van der Waals surface area contributed by atoms with Crippen molar-refractivity contribution in [2.24, 2.45) is 0 Å². The zero-order valence-electron chi connectivity index (χ0n) is 18.1. The van der Waals surface area contributed by atoms with Gasteiger partial charge in [-0.2, -0.15) is 0 Å². The molecule has 0 saturated carbocycles. The van der Waals surface area contributed by atoms with Crippen LogP contribution in [0.25, 0.3) is 0 Å². The first kappa shape index (κ1) is 24.4. The molecule has 1 unspecified atom stereocenters. The van der Waals surface area contributed by atoms with Crippen LogP contribution in [-0.2, 0) is 16.0 Å². The molecule has 0 aliphatic carbocycles. The minimum Gasteiger partial charge on any atom is -0.508 e. The van der Waals surface area contributed by atoms with Crippen LogP contribution < -0.4 is 16.0 Å². The molecule has 3 aromatic rings. The van der Waals surface area contributed by atoms with Gasteiger partial charge in [0.25, 0.3) is 11.8 Å². The average molecular weight is 483 g/mol. The van der Waals surface area contributed by atoms with Crippen molar-refractivity contribution in [2.75, 3.05) is 11.9 Å². The number of phenols is 1. The first-order chi connectivity index (χ1) is 16.2. The lowest BCUT2D eigenvalue weighted by Crippen LogP contribution is -2.48. The summed E-state index contributed by atoms with van der Waals surface area (Å²) in [7, 11) is 0. The third-order valence-corrected chi connectivity index (χ3v) is 5.70. The van der Waals surface area contributed by atoms with Crippen molar-refractivity contribution in [1.82, 2.24) is 15.6 Å². The number of anilines is 1. The van der Waals surface area contributed by atoms with Gasteiger partial charge in [-0.1, -0.05) is 41.7 Å². The van der Waals surface area contributed by atoms with Crippen molar-refractivity contribution in [1.29, 1.82) is 0 Å². The van der Waals surface area contributed by atoms with E-state index in [1.54, 1.807) is 49.4 Å². The molecule has 176 valence electrons. The van der Waals surface area contributed by atoms with E-state index in [0.29, 0.717) is 16.8 Å². The number of aromatic hydroxyl groups is 1. The highest BCUT2D eigenvalue weighted by molar-refractivity contribution is 7.17. The highest BCUT2D eigenvalue weighted by atomic mass is 32.1. The number of thiazole rings is 1. The summed E-state index contributed by atoms with van der Waals surface area (Å²) in [5.41, 5.74) is 1.28. The Balaban J connectivity index is 1.60. The summed E-state index contributed by atoms with van der Waals surface area (Å²) in [6.45, 7) is 1.24. The number of hydrogen-bond acceptors (Lipinski definition) is 7. The summed E-state index contributed by atoms with van der Waals surface area (Å²) in [4.78, 5) is 53.0. The molecular weight excluding hydrogens is 460 g/mol. The molecule has 0 bridgehead atoms. The topological polar surface area (TPSA) is 158 Å². The quantitative estimate of drug-likeness (QED) is 0.312. The molecule has 1 aromatic heterocycles. The molecule has 34 heavy (non-hydrogen) atoms. The SMILES string of the molecule is Cc1nc(NC(=O)Cc2cccc(O)c2)sc1C(=O)NC(CNC(=O)c1ccccc1)C(=O)O. The van der Waals surface area contributed by atoms with E-state index in [9.17, 15) is 29.4 Å². The third kappa shape index (κ3) is 6.62. The summed E-state index contributed by atoms with van der Waals surface area (Å²) in [5, 5.41) is 26.6. The Labute approximate surface area is 198 Å². The maximum absolute atomic E-state index is 12.7. The number of aromatic nitrogens is 1. The second-order valence-electron chi connectivity index (χ2n) is 7.27. The van der Waals surface area contributed by atoms with E-state index >= 15 is 0 Å². The molecule has 11 heteroatoms. The second-order valence-corrected chi connectivity index (χ2v) is 8.27. The number of phenolic OH excluding ortho intramolecular Hbond substituents is 1. The lowest BCUT2D eigenvalue weighted by Gasteiger charge is -2.15. The molecule has 1 atom stereocenters. The number of amides is 3. The largest absolute Gasteiger partial charge is 0.508 e. The zero-order chi connectivity index (χ0) is 24.7. The van der Waals surface area contributed by atoms with E-state index in [2.05, 4.69) is 20.9 Å². The Kier molecular flexibility index (Phi) is 7.93. The van der Waals surface area contributed by atoms with Crippen LogP contribution in [0.4, 0.5) is 5.13 Å². The third-order valence-electron chi connectivity index (χ3n) is 4.63. The van der Waals surface area contributed by atoms with Gasteiger partial charge in [0.15, 0.2) is 5.13 Å². The van der Waals surface area contributed by atoms with Crippen LogP contribution in [0.15, 0.2) is 54.6 Å². The summed E-state index contributed by atoms with van der Waals surface area (Å²) in [5.74, 6) is -2.82. The Bertz CT molecular complexity index is 1210. The molecule has 0 fully saturated rings. The van der Waals surface area contributed by atoms with Crippen molar-refractivity contribution in [2.45, 2.75) is 19.4 Å². The van der Waals surface area contributed by atoms with E-state index in [-0.39, 0.29) is 28.7 Å². The minimum absolute atomic E-state index is 0.00322. The Morgan fingerprint density at radius 2 is 1.76 bits per heavy atom. The van der Waals surface area contributed by atoms with Gasteiger partial charge >= 0.3 is 5.97 Å². The molecule has 5 N–H and O–H groups in total. The fourth-order valence-corrected chi connectivity index (χ4v) is 3.87. The van der Waals surface area contributed by atoms with Crippen LogP contribution in [0.1, 0.15) is 31.3 Å². The molecule has 0 radical (unpaired) electrons. The van der Waals surface area contributed by atoms with Crippen molar-refractivity contribution in [3.05, 3.63) is 76.3 Å². The van der Waals surface area contributed by atoms with Gasteiger partial charge in [0.2, 0.25) is 5.91 Å². The molecular formula is C23H22N4O6S.